The number of cyclic esters (lactones) is 1. The van der Waals surface area contributed by atoms with E-state index < -0.39 is 27.7 Å². The fraction of sp³-hybridized carbons (Fsp3) is 0.278. The lowest BCUT2D eigenvalue weighted by molar-refractivity contribution is -0.0429. The maximum Gasteiger partial charge on any atom is 0.516 e. The molecule has 1 saturated heterocycles. The van der Waals surface area contributed by atoms with Crippen molar-refractivity contribution in [2.24, 2.45) is 0 Å². The maximum absolute atomic E-state index is 12.7. The normalized spacial score (nSPS) is 17.7. The van der Waals surface area contributed by atoms with Crippen molar-refractivity contribution in [1.82, 2.24) is 4.90 Å². The maximum atomic E-state index is 12.7. The zero-order valence-corrected chi connectivity index (χ0v) is 17.2. The standard InChI is InChI=1S/C18H16BrF3N2O4S/c19-14-7-5-12(6-8-14)16-9-10-24(17(25)28-16)11-13-3-1-2-4-15(13)23-29(26,27)18(20,21)22/h1-8,16,23H,9-11H2. The molecule has 6 nitrogen and oxygen atoms in total. The van der Waals surface area contributed by atoms with Gasteiger partial charge in [0.1, 0.15) is 6.10 Å². The van der Waals surface area contributed by atoms with Gasteiger partial charge in [0.25, 0.3) is 0 Å². The van der Waals surface area contributed by atoms with Gasteiger partial charge in [-0.3, -0.25) is 4.72 Å². The van der Waals surface area contributed by atoms with Crippen molar-refractivity contribution < 1.29 is 31.1 Å². The van der Waals surface area contributed by atoms with E-state index in [0.717, 1.165) is 10.0 Å². The van der Waals surface area contributed by atoms with E-state index in [4.69, 9.17) is 4.74 Å². The van der Waals surface area contributed by atoms with Crippen LogP contribution < -0.4 is 4.72 Å². The average Bonchev–Trinajstić information content (AvgIpc) is 2.64. The van der Waals surface area contributed by atoms with Gasteiger partial charge < -0.3 is 9.64 Å². The van der Waals surface area contributed by atoms with Gasteiger partial charge in [-0.05, 0) is 29.3 Å². The van der Waals surface area contributed by atoms with Gasteiger partial charge >= 0.3 is 21.6 Å². The number of sulfonamides is 1. The first-order valence-electron chi connectivity index (χ1n) is 8.45. The van der Waals surface area contributed by atoms with Gasteiger partial charge in [0.05, 0.1) is 12.2 Å². The molecule has 2 aromatic carbocycles. The van der Waals surface area contributed by atoms with Crippen LogP contribution in [0.1, 0.15) is 23.7 Å². The van der Waals surface area contributed by atoms with Crippen LogP contribution in [0.2, 0.25) is 0 Å². The number of hydrogen-bond donors (Lipinski definition) is 1. The number of nitrogens with zero attached hydrogens (tertiary/aromatic N) is 1. The first-order valence-corrected chi connectivity index (χ1v) is 10.7. The summed E-state index contributed by atoms with van der Waals surface area (Å²) >= 11 is 3.33. The minimum Gasteiger partial charge on any atom is -0.441 e. The molecule has 0 bridgehead atoms. The Morgan fingerprint density at radius 2 is 1.79 bits per heavy atom. The van der Waals surface area contributed by atoms with Gasteiger partial charge in [-0.1, -0.05) is 46.3 Å². The van der Waals surface area contributed by atoms with E-state index in [0.29, 0.717) is 13.0 Å². The van der Waals surface area contributed by atoms with E-state index in [1.165, 1.54) is 27.8 Å². The van der Waals surface area contributed by atoms with Crippen molar-refractivity contribution in [1.29, 1.82) is 0 Å². The molecule has 3 rings (SSSR count). The Morgan fingerprint density at radius 1 is 1.14 bits per heavy atom. The summed E-state index contributed by atoms with van der Waals surface area (Å²) in [6, 6.07) is 12.9. The van der Waals surface area contributed by atoms with Crippen LogP contribution in [0.25, 0.3) is 0 Å². The van der Waals surface area contributed by atoms with Crippen molar-refractivity contribution in [3.63, 3.8) is 0 Å². The molecule has 0 spiro atoms. The molecule has 0 saturated carbocycles. The fourth-order valence-corrected chi connectivity index (χ4v) is 3.71. The molecule has 1 aliphatic rings. The molecule has 2 aromatic rings. The molecular formula is C18H16BrF3N2O4S. The van der Waals surface area contributed by atoms with E-state index >= 15 is 0 Å². The lowest BCUT2D eigenvalue weighted by Gasteiger charge is -2.32. The van der Waals surface area contributed by atoms with E-state index in [1.54, 1.807) is 6.07 Å². The third-order valence-corrected chi connectivity index (χ3v) is 5.96. The number of ether oxygens (including phenoxy) is 1. The summed E-state index contributed by atoms with van der Waals surface area (Å²) in [6.45, 7) is 0.211. The van der Waals surface area contributed by atoms with Crippen molar-refractivity contribution in [3.05, 3.63) is 64.1 Å². The highest BCUT2D eigenvalue weighted by molar-refractivity contribution is 9.10. The summed E-state index contributed by atoms with van der Waals surface area (Å²) in [7, 11) is -5.56. The number of hydrogen-bond acceptors (Lipinski definition) is 4. The Hall–Kier alpha value is -2.27. The molecule has 29 heavy (non-hydrogen) atoms. The number of carbonyl (C=O) groups excluding carboxylic acids is 1. The Kier molecular flexibility index (Phi) is 6.08. The third-order valence-electron chi connectivity index (χ3n) is 4.33. The van der Waals surface area contributed by atoms with Gasteiger partial charge in [0.15, 0.2) is 0 Å². The molecule has 0 aliphatic carbocycles. The van der Waals surface area contributed by atoms with E-state index in [1.807, 2.05) is 24.3 Å². The topological polar surface area (TPSA) is 75.7 Å². The Labute approximate surface area is 173 Å². The van der Waals surface area contributed by atoms with Crippen LogP contribution in [0.3, 0.4) is 0 Å². The molecule has 11 heteroatoms. The van der Waals surface area contributed by atoms with Crippen molar-refractivity contribution in [2.45, 2.75) is 24.6 Å². The zero-order chi connectivity index (χ0) is 21.2. The molecule has 0 aromatic heterocycles. The van der Waals surface area contributed by atoms with Crippen LogP contribution in [-0.4, -0.2) is 31.5 Å². The van der Waals surface area contributed by atoms with Crippen LogP contribution in [0.4, 0.5) is 23.7 Å². The second-order valence-corrected chi connectivity index (χ2v) is 8.93. The highest BCUT2D eigenvalue weighted by Gasteiger charge is 2.46. The smallest absolute Gasteiger partial charge is 0.441 e. The second kappa shape index (κ2) is 8.23. The first kappa shape index (κ1) is 21.4. The number of halogens is 4. The molecule has 1 unspecified atom stereocenters. The number of anilines is 1. The average molecular weight is 493 g/mol. The summed E-state index contributed by atoms with van der Waals surface area (Å²) in [5.41, 5.74) is -4.63. The number of nitrogens with one attached hydrogen (secondary N) is 1. The van der Waals surface area contributed by atoms with E-state index in [2.05, 4.69) is 15.9 Å². The van der Waals surface area contributed by atoms with Crippen molar-refractivity contribution in [2.75, 3.05) is 11.3 Å². The van der Waals surface area contributed by atoms with Crippen LogP contribution in [0.5, 0.6) is 0 Å². The predicted octanol–water partition coefficient (Wildman–Crippen LogP) is 4.79. The highest BCUT2D eigenvalue weighted by atomic mass is 79.9. The fourth-order valence-electron chi connectivity index (χ4n) is 2.84. The van der Waals surface area contributed by atoms with Gasteiger partial charge in [-0.2, -0.15) is 21.6 Å². The molecule has 0 radical (unpaired) electrons. The molecule has 1 aliphatic heterocycles. The lowest BCUT2D eigenvalue weighted by atomic mass is 10.0. The van der Waals surface area contributed by atoms with Gasteiger partial charge in [-0.15, -0.1) is 0 Å². The van der Waals surface area contributed by atoms with Crippen molar-refractivity contribution in [3.8, 4) is 0 Å². The zero-order valence-electron chi connectivity index (χ0n) is 14.8. The minimum atomic E-state index is -5.56. The van der Waals surface area contributed by atoms with Crippen molar-refractivity contribution >= 4 is 37.7 Å². The number of carbonyl (C=O) groups is 1. The molecule has 1 heterocycles. The lowest BCUT2D eigenvalue weighted by Crippen LogP contribution is -2.38. The monoisotopic (exact) mass is 492 g/mol. The summed E-state index contributed by atoms with van der Waals surface area (Å²) in [5.74, 6) is 0. The third kappa shape index (κ3) is 5.02. The van der Waals surface area contributed by atoms with Crippen LogP contribution in [0, 0.1) is 0 Å². The van der Waals surface area contributed by atoms with Crippen LogP contribution >= 0.6 is 15.9 Å². The second-order valence-electron chi connectivity index (χ2n) is 6.34. The predicted molar refractivity (Wildman–Crippen MR) is 103 cm³/mol. The number of amides is 1. The Balaban J connectivity index is 1.72. The molecule has 1 N–H and O–H groups in total. The quantitative estimate of drug-likeness (QED) is 0.650. The summed E-state index contributed by atoms with van der Waals surface area (Å²) in [4.78, 5) is 13.7. The number of alkyl halides is 3. The van der Waals surface area contributed by atoms with E-state index in [-0.39, 0.29) is 17.8 Å². The largest absolute Gasteiger partial charge is 0.516 e. The Bertz CT molecular complexity index is 997. The number of para-hydroxylation sites is 1. The molecule has 156 valence electrons. The Morgan fingerprint density at radius 3 is 2.41 bits per heavy atom. The van der Waals surface area contributed by atoms with Gasteiger partial charge in [-0.25, -0.2) is 4.79 Å². The highest BCUT2D eigenvalue weighted by Crippen LogP contribution is 2.31. The SMILES string of the molecule is O=C1OC(c2ccc(Br)cc2)CCN1Cc1ccccc1NS(=O)(=O)C(F)(F)F. The van der Waals surface area contributed by atoms with Gasteiger partial charge in [0, 0.05) is 17.4 Å². The number of benzene rings is 2. The van der Waals surface area contributed by atoms with Crippen LogP contribution in [-0.2, 0) is 21.3 Å². The summed E-state index contributed by atoms with van der Waals surface area (Å²) < 4.78 is 68.7. The van der Waals surface area contributed by atoms with E-state index in [9.17, 15) is 26.4 Å². The molecule has 1 fully saturated rings. The summed E-state index contributed by atoms with van der Waals surface area (Å²) in [6.07, 6.45) is -0.562. The molecular weight excluding hydrogens is 477 g/mol. The minimum absolute atomic E-state index is 0.0948. The summed E-state index contributed by atoms with van der Waals surface area (Å²) in [5, 5.41) is 0. The molecule has 1 atom stereocenters. The van der Waals surface area contributed by atoms with Gasteiger partial charge in [0.2, 0.25) is 0 Å². The first-order chi connectivity index (χ1) is 13.6. The number of rotatable bonds is 5. The molecule has 1 amide bonds. The van der Waals surface area contributed by atoms with Crippen LogP contribution in [0.15, 0.2) is 53.0 Å².